The molecule has 0 aliphatic carbocycles. The van der Waals surface area contributed by atoms with E-state index in [1.165, 1.54) is 18.3 Å². The van der Waals surface area contributed by atoms with Crippen LogP contribution in [0.1, 0.15) is 16.7 Å². The SMILES string of the molecule is N#Cc1ccc(/C=N/NC(=S)Nc2cccc(C(F)(F)F)c2)cc1. The van der Waals surface area contributed by atoms with Crippen molar-refractivity contribution < 1.29 is 13.2 Å². The van der Waals surface area contributed by atoms with Crippen molar-refractivity contribution in [3.63, 3.8) is 0 Å². The van der Waals surface area contributed by atoms with Gasteiger partial charge in [-0.05, 0) is 48.1 Å². The topological polar surface area (TPSA) is 60.2 Å². The number of alkyl halides is 3. The Kier molecular flexibility index (Phi) is 5.50. The Bertz CT molecular complexity index is 792. The van der Waals surface area contributed by atoms with Crippen LogP contribution in [0.2, 0.25) is 0 Å². The summed E-state index contributed by atoms with van der Waals surface area (Å²) in [7, 11) is 0. The first-order valence-electron chi connectivity index (χ1n) is 6.66. The molecular formula is C16H11F3N4S. The first kappa shape index (κ1) is 17.4. The summed E-state index contributed by atoms with van der Waals surface area (Å²) in [6, 6.07) is 13.4. The molecule has 0 fully saturated rings. The lowest BCUT2D eigenvalue weighted by Crippen LogP contribution is -2.24. The molecule has 24 heavy (non-hydrogen) atoms. The Morgan fingerprint density at radius 1 is 1.17 bits per heavy atom. The van der Waals surface area contributed by atoms with Crippen molar-refractivity contribution in [2.45, 2.75) is 6.18 Å². The predicted octanol–water partition coefficient (Wildman–Crippen LogP) is 3.90. The minimum atomic E-state index is -4.42. The van der Waals surface area contributed by atoms with Gasteiger partial charge in [-0.2, -0.15) is 23.5 Å². The van der Waals surface area contributed by atoms with Crippen LogP contribution in [0.4, 0.5) is 18.9 Å². The Morgan fingerprint density at radius 3 is 2.50 bits per heavy atom. The number of nitriles is 1. The summed E-state index contributed by atoms with van der Waals surface area (Å²) in [6.45, 7) is 0. The second-order valence-corrected chi connectivity index (χ2v) is 5.04. The largest absolute Gasteiger partial charge is 0.416 e. The van der Waals surface area contributed by atoms with Gasteiger partial charge in [0.15, 0.2) is 5.11 Å². The molecule has 0 heterocycles. The lowest BCUT2D eigenvalue weighted by Gasteiger charge is -2.10. The first-order chi connectivity index (χ1) is 11.4. The van der Waals surface area contributed by atoms with Gasteiger partial charge in [-0.1, -0.05) is 18.2 Å². The molecule has 4 nitrogen and oxygen atoms in total. The summed E-state index contributed by atoms with van der Waals surface area (Å²) in [5, 5.41) is 15.3. The van der Waals surface area contributed by atoms with Crippen molar-refractivity contribution in [3.8, 4) is 6.07 Å². The fraction of sp³-hybridized carbons (Fsp3) is 0.0625. The van der Waals surface area contributed by atoms with Crippen LogP contribution in [-0.2, 0) is 6.18 Å². The highest BCUT2D eigenvalue weighted by Crippen LogP contribution is 2.30. The van der Waals surface area contributed by atoms with E-state index in [0.29, 0.717) is 5.56 Å². The molecule has 0 spiro atoms. The number of rotatable bonds is 3. The Balaban J connectivity index is 1.93. The van der Waals surface area contributed by atoms with Crippen LogP contribution in [-0.4, -0.2) is 11.3 Å². The van der Waals surface area contributed by atoms with Gasteiger partial charge in [-0.25, -0.2) is 0 Å². The van der Waals surface area contributed by atoms with E-state index in [1.54, 1.807) is 24.3 Å². The number of anilines is 1. The molecule has 0 saturated carbocycles. The standard InChI is InChI=1S/C16H11F3N4S/c17-16(18,19)13-2-1-3-14(8-13)22-15(24)23-21-10-12-6-4-11(9-20)5-7-12/h1-8,10H,(H2,22,23,24)/b21-10+. The highest BCUT2D eigenvalue weighted by molar-refractivity contribution is 7.80. The third kappa shape index (κ3) is 5.07. The van der Waals surface area contributed by atoms with E-state index in [0.717, 1.165) is 17.7 Å². The average molecular weight is 348 g/mol. The van der Waals surface area contributed by atoms with Gasteiger partial charge in [0.1, 0.15) is 0 Å². The monoisotopic (exact) mass is 348 g/mol. The van der Waals surface area contributed by atoms with Gasteiger partial charge in [0.05, 0.1) is 23.4 Å². The molecule has 0 saturated heterocycles. The number of hydrogen-bond donors (Lipinski definition) is 2. The zero-order chi connectivity index (χ0) is 17.6. The van der Waals surface area contributed by atoms with Crippen LogP contribution < -0.4 is 10.7 Å². The zero-order valence-electron chi connectivity index (χ0n) is 12.1. The van der Waals surface area contributed by atoms with E-state index in [9.17, 15) is 13.2 Å². The number of halogens is 3. The Morgan fingerprint density at radius 2 is 1.88 bits per heavy atom. The molecule has 0 aliphatic heterocycles. The third-order valence-electron chi connectivity index (χ3n) is 2.87. The summed E-state index contributed by atoms with van der Waals surface area (Å²) in [5.41, 5.74) is 3.22. The van der Waals surface area contributed by atoms with Crippen LogP contribution in [0.3, 0.4) is 0 Å². The zero-order valence-corrected chi connectivity index (χ0v) is 12.9. The summed E-state index contributed by atoms with van der Waals surface area (Å²) in [6.07, 6.45) is -2.94. The molecule has 8 heteroatoms. The molecule has 0 amide bonds. The van der Waals surface area contributed by atoms with Gasteiger partial charge in [0.2, 0.25) is 0 Å². The van der Waals surface area contributed by atoms with Crippen molar-refractivity contribution in [1.29, 1.82) is 5.26 Å². The van der Waals surface area contributed by atoms with Crippen LogP contribution in [0, 0.1) is 11.3 Å². The van der Waals surface area contributed by atoms with Crippen molar-refractivity contribution >= 4 is 29.2 Å². The smallest absolute Gasteiger partial charge is 0.331 e. The maximum Gasteiger partial charge on any atom is 0.416 e. The molecule has 0 aromatic heterocycles. The number of nitrogens with one attached hydrogen (secondary N) is 2. The molecule has 0 aliphatic rings. The van der Waals surface area contributed by atoms with Gasteiger partial charge < -0.3 is 5.32 Å². The molecule has 2 aromatic carbocycles. The molecular weight excluding hydrogens is 337 g/mol. The maximum absolute atomic E-state index is 12.6. The van der Waals surface area contributed by atoms with E-state index in [4.69, 9.17) is 17.5 Å². The average Bonchev–Trinajstić information content (AvgIpc) is 2.55. The van der Waals surface area contributed by atoms with Crippen LogP contribution in [0.25, 0.3) is 0 Å². The molecule has 0 unspecified atom stereocenters. The number of nitrogens with zero attached hydrogens (tertiary/aromatic N) is 2. The molecule has 2 N–H and O–H groups in total. The van der Waals surface area contributed by atoms with E-state index in [2.05, 4.69) is 15.8 Å². The van der Waals surface area contributed by atoms with Crippen molar-refractivity contribution in [2.24, 2.45) is 5.10 Å². The van der Waals surface area contributed by atoms with Gasteiger partial charge in [0.25, 0.3) is 0 Å². The minimum absolute atomic E-state index is 0.0548. The lowest BCUT2D eigenvalue weighted by molar-refractivity contribution is -0.137. The van der Waals surface area contributed by atoms with Crippen molar-refractivity contribution in [1.82, 2.24) is 5.43 Å². The van der Waals surface area contributed by atoms with Gasteiger partial charge in [-0.15, -0.1) is 0 Å². The number of thiocarbonyl (C=S) groups is 1. The van der Waals surface area contributed by atoms with Crippen LogP contribution in [0.5, 0.6) is 0 Å². The van der Waals surface area contributed by atoms with Gasteiger partial charge >= 0.3 is 6.18 Å². The predicted molar refractivity (Wildman–Crippen MR) is 89.6 cm³/mol. The maximum atomic E-state index is 12.6. The van der Waals surface area contributed by atoms with Crippen molar-refractivity contribution in [3.05, 3.63) is 65.2 Å². The number of hydrogen-bond acceptors (Lipinski definition) is 3. The van der Waals surface area contributed by atoms with Crippen LogP contribution >= 0.6 is 12.2 Å². The Labute approximate surface area is 141 Å². The van der Waals surface area contributed by atoms with Gasteiger partial charge in [-0.3, -0.25) is 5.43 Å². The normalized spacial score (nSPS) is 11.1. The fourth-order valence-corrected chi connectivity index (χ4v) is 1.91. The minimum Gasteiger partial charge on any atom is -0.331 e. The highest BCUT2D eigenvalue weighted by atomic mass is 32.1. The lowest BCUT2D eigenvalue weighted by atomic mass is 10.2. The molecule has 2 rings (SSSR count). The van der Waals surface area contributed by atoms with Crippen molar-refractivity contribution in [2.75, 3.05) is 5.32 Å². The van der Waals surface area contributed by atoms with E-state index >= 15 is 0 Å². The summed E-state index contributed by atoms with van der Waals surface area (Å²) in [4.78, 5) is 0. The summed E-state index contributed by atoms with van der Waals surface area (Å²) < 4.78 is 37.9. The second-order valence-electron chi connectivity index (χ2n) is 4.64. The van der Waals surface area contributed by atoms with E-state index < -0.39 is 11.7 Å². The highest BCUT2D eigenvalue weighted by Gasteiger charge is 2.30. The number of hydrazone groups is 1. The van der Waals surface area contributed by atoms with Crippen LogP contribution in [0.15, 0.2) is 53.6 Å². The first-order valence-corrected chi connectivity index (χ1v) is 7.07. The molecule has 2 aromatic rings. The molecule has 0 bridgehead atoms. The summed E-state index contributed by atoms with van der Waals surface area (Å²) >= 11 is 4.97. The second kappa shape index (κ2) is 7.57. The fourth-order valence-electron chi connectivity index (χ4n) is 1.74. The quantitative estimate of drug-likeness (QED) is 0.502. The summed E-state index contributed by atoms with van der Waals surface area (Å²) in [5.74, 6) is 0. The molecule has 0 radical (unpaired) electrons. The Hall–Kier alpha value is -2.92. The van der Waals surface area contributed by atoms with E-state index in [1.807, 2.05) is 6.07 Å². The van der Waals surface area contributed by atoms with Gasteiger partial charge in [0, 0.05) is 5.69 Å². The molecule has 0 atom stereocenters. The number of benzene rings is 2. The third-order valence-corrected chi connectivity index (χ3v) is 3.06. The molecule has 122 valence electrons. The van der Waals surface area contributed by atoms with E-state index in [-0.39, 0.29) is 10.8 Å².